The molecule has 3 aliphatic carbocycles. The van der Waals surface area contributed by atoms with Gasteiger partial charge in [-0.2, -0.15) is 0 Å². The van der Waals surface area contributed by atoms with Crippen molar-refractivity contribution in [3.8, 4) is 33.8 Å². The average Bonchev–Trinajstić information content (AvgIpc) is 3.25. The fraction of sp³-hybridized carbons (Fsp3) is 0.500. The highest BCUT2D eigenvalue weighted by Crippen LogP contribution is 2.65. The lowest BCUT2D eigenvalue weighted by molar-refractivity contribution is 0.0572. The first-order chi connectivity index (χ1) is 24.2. The van der Waals surface area contributed by atoms with Crippen LogP contribution >= 0.6 is 0 Å². The van der Waals surface area contributed by atoms with E-state index >= 15 is 0 Å². The van der Waals surface area contributed by atoms with Crippen molar-refractivity contribution in [3.05, 3.63) is 88.3 Å². The molecule has 0 aromatic heterocycles. The molecule has 1 heterocycles. The van der Waals surface area contributed by atoms with E-state index in [4.69, 9.17) is 4.74 Å². The van der Waals surface area contributed by atoms with E-state index in [0.717, 1.165) is 72.8 Å². The number of nitrogens with zero attached hydrogens (tertiary/aromatic N) is 4. The summed E-state index contributed by atoms with van der Waals surface area (Å²) in [6.45, 7) is 9.69. The highest BCUT2D eigenvalue weighted by Gasteiger charge is 2.54. The number of ether oxygens (including phenoxy) is 1. The van der Waals surface area contributed by atoms with E-state index in [1.54, 1.807) is 0 Å². The fourth-order valence-corrected chi connectivity index (χ4v) is 10.8. The summed E-state index contributed by atoms with van der Waals surface area (Å²) in [5.74, 6) is 1.23. The van der Waals surface area contributed by atoms with Crippen LogP contribution < -0.4 is 9.64 Å². The summed E-state index contributed by atoms with van der Waals surface area (Å²) in [7, 11) is 0. The van der Waals surface area contributed by atoms with Gasteiger partial charge in [0.1, 0.15) is 11.5 Å². The Bertz CT molecular complexity index is 1950. The molecule has 2 unspecified atom stereocenters. The summed E-state index contributed by atoms with van der Waals surface area (Å²) in [5.41, 5.74) is 17.3. The largest absolute Gasteiger partial charge is 0.507 e. The molecule has 4 aromatic rings. The number of phenolic OH excluding ortho intramolecular Hbond substituents is 1. The van der Waals surface area contributed by atoms with Gasteiger partial charge in [0, 0.05) is 46.6 Å². The standard InChI is InChI=1S/C44H52N4O2/c1-42(2)26-43(3,29-46-47-45)28-44(27-42)37-16-10-9-15-33(37)41-36-24-40(50-32-13-7-6-8-14-32)34(23-35(36)39(49)25-38(41)44)30-17-19-31(20-18-30)48-21-11-4-5-12-22-48/h9-10,15-20,23-25,32,49H,4-8,11-14,21-22,26-29H2,1-3H3. The van der Waals surface area contributed by atoms with E-state index in [-0.39, 0.29) is 22.3 Å². The van der Waals surface area contributed by atoms with Gasteiger partial charge in [0.15, 0.2) is 0 Å². The lowest BCUT2D eigenvalue weighted by Gasteiger charge is -2.52. The van der Waals surface area contributed by atoms with Crippen molar-refractivity contribution in [2.75, 3.05) is 24.5 Å². The first kappa shape index (κ1) is 33.0. The SMILES string of the molecule is CC1(C)CC(C)(CN=[N+]=[N-])CC2(C1)c1ccccc1-c1c2cc(O)c2cc(-c3ccc(N4CCCCCC4)cc3)c(OC3CCCCC3)cc12. The summed E-state index contributed by atoms with van der Waals surface area (Å²) in [4.78, 5) is 5.70. The molecule has 6 nitrogen and oxygen atoms in total. The second-order valence-electron chi connectivity index (χ2n) is 17.1. The third-order valence-corrected chi connectivity index (χ3v) is 12.4. The van der Waals surface area contributed by atoms with Gasteiger partial charge in [-0.1, -0.05) is 81.5 Å². The maximum absolute atomic E-state index is 12.0. The molecule has 1 aliphatic heterocycles. The van der Waals surface area contributed by atoms with Gasteiger partial charge in [0.05, 0.1) is 6.10 Å². The van der Waals surface area contributed by atoms with Gasteiger partial charge in [0.25, 0.3) is 0 Å². The molecule has 1 spiro atoms. The minimum Gasteiger partial charge on any atom is -0.507 e. The number of benzene rings is 4. The Hall–Kier alpha value is -4.15. The third kappa shape index (κ3) is 5.90. The molecule has 0 amide bonds. The number of fused-ring (bicyclic) bond motifs is 7. The second kappa shape index (κ2) is 12.9. The number of aromatic hydroxyl groups is 1. The Morgan fingerprint density at radius 3 is 2.26 bits per heavy atom. The van der Waals surface area contributed by atoms with Crippen LogP contribution in [0.5, 0.6) is 11.5 Å². The van der Waals surface area contributed by atoms with Crippen molar-refractivity contribution in [3.63, 3.8) is 0 Å². The Morgan fingerprint density at radius 2 is 1.52 bits per heavy atom. The predicted octanol–water partition coefficient (Wildman–Crippen LogP) is 12.1. The molecule has 1 N–H and O–H groups in total. The van der Waals surface area contributed by atoms with Crippen molar-refractivity contribution < 1.29 is 9.84 Å². The van der Waals surface area contributed by atoms with E-state index in [2.05, 4.69) is 102 Å². The number of hydrogen-bond acceptors (Lipinski definition) is 4. The van der Waals surface area contributed by atoms with Crippen molar-refractivity contribution in [1.29, 1.82) is 0 Å². The van der Waals surface area contributed by atoms with Crippen LogP contribution in [0.3, 0.4) is 0 Å². The third-order valence-electron chi connectivity index (χ3n) is 12.4. The highest BCUT2D eigenvalue weighted by molar-refractivity contribution is 6.07. The van der Waals surface area contributed by atoms with Crippen molar-refractivity contribution in [2.24, 2.45) is 15.9 Å². The normalized spacial score (nSPS) is 24.7. The molecule has 8 rings (SSSR count). The molecule has 4 aliphatic rings. The minimum atomic E-state index is -0.300. The Morgan fingerprint density at radius 1 is 0.800 bits per heavy atom. The maximum atomic E-state index is 12.0. The zero-order valence-electron chi connectivity index (χ0n) is 30.2. The van der Waals surface area contributed by atoms with E-state index in [9.17, 15) is 10.6 Å². The van der Waals surface area contributed by atoms with Crippen LogP contribution in [-0.2, 0) is 5.41 Å². The van der Waals surface area contributed by atoms with Crippen molar-refractivity contribution in [1.82, 2.24) is 0 Å². The molecular weight excluding hydrogens is 617 g/mol. The molecule has 0 bridgehead atoms. The molecule has 50 heavy (non-hydrogen) atoms. The molecular formula is C44H52N4O2. The van der Waals surface area contributed by atoms with Crippen LogP contribution in [0.25, 0.3) is 43.5 Å². The fourth-order valence-electron chi connectivity index (χ4n) is 10.8. The van der Waals surface area contributed by atoms with Gasteiger partial charge in [-0.3, -0.25) is 0 Å². The van der Waals surface area contributed by atoms with E-state index < -0.39 is 0 Å². The number of phenols is 1. The first-order valence-corrected chi connectivity index (χ1v) is 19.2. The topological polar surface area (TPSA) is 81.5 Å². The van der Waals surface area contributed by atoms with Crippen molar-refractivity contribution in [2.45, 2.75) is 109 Å². The molecule has 1 saturated heterocycles. The molecule has 6 heteroatoms. The average molecular weight is 669 g/mol. The Kier molecular flexibility index (Phi) is 8.50. The number of anilines is 1. The second-order valence-corrected chi connectivity index (χ2v) is 17.1. The van der Waals surface area contributed by atoms with Crippen LogP contribution in [0.15, 0.2) is 71.8 Å². The van der Waals surface area contributed by atoms with Crippen LogP contribution in [0, 0.1) is 10.8 Å². The summed E-state index contributed by atoms with van der Waals surface area (Å²) in [5, 5.41) is 18.1. The smallest absolute Gasteiger partial charge is 0.128 e. The molecule has 4 aromatic carbocycles. The van der Waals surface area contributed by atoms with Gasteiger partial charge < -0.3 is 14.7 Å². The first-order valence-electron chi connectivity index (χ1n) is 19.2. The van der Waals surface area contributed by atoms with E-state index in [0.29, 0.717) is 12.3 Å². The number of rotatable bonds is 6. The molecule has 2 atom stereocenters. The van der Waals surface area contributed by atoms with Gasteiger partial charge in [0.2, 0.25) is 0 Å². The maximum Gasteiger partial charge on any atom is 0.128 e. The van der Waals surface area contributed by atoms with Crippen LogP contribution in [0.1, 0.15) is 109 Å². The van der Waals surface area contributed by atoms with Gasteiger partial charge in [-0.15, -0.1) is 0 Å². The summed E-state index contributed by atoms with van der Waals surface area (Å²) < 4.78 is 7.01. The van der Waals surface area contributed by atoms with Crippen LogP contribution in [-0.4, -0.2) is 30.8 Å². The molecule has 260 valence electrons. The predicted molar refractivity (Wildman–Crippen MR) is 205 cm³/mol. The molecule has 0 radical (unpaired) electrons. The highest BCUT2D eigenvalue weighted by atomic mass is 16.5. The van der Waals surface area contributed by atoms with Gasteiger partial charge in [-0.05, 0) is 138 Å². The Balaban J connectivity index is 1.30. The summed E-state index contributed by atoms with van der Waals surface area (Å²) in [6.07, 6.45) is 14.0. The summed E-state index contributed by atoms with van der Waals surface area (Å²) in [6, 6.07) is 24.4. The van der Waals surface area contributed by atoms with Crippen molar-refractivity contribution >= 4 is 16.5 Å². The Labute approximate surface area is 297 Å². The minimum absolute atomic E-state index is 0.00979. The monoisotopic (exact) mass is 668 g/mol. The van der Waals surface area contributed by atoms with Crippen LogP contribution in [0.4, 0.5) is 5.69 Å². The van der Waals surface area contributed by atoms with Gasteiger partial charge in [-0.25, -0.2) is 0 Å². The molecule has 2 saturated carbocycles. The van der Waals surface area contributed by atoms with E-state index in [1.165, 1.54) is 72.9 Å². The zero-order chi connectivity index (χ0) is 34.5. The number of azide groups is 1. The van der Waals surface area contributed by atoms with Crippen LogP contribution in [0.2, 0.25) is 0 Å². The van der Waals surface area contributed by atoms with E-state index in [1.807, 2.05) is 0 Å². The summed E-state index contributed by atoms with van der Waals surface area (Å²) >= 11 is 0. The molecule has 3 fully saturated rings. The zero-order valence-corrected chi connectivity index (χ0v) is 30.2. The number of hydrogen-bond donors (Lipinski definition) is 1. The van der Waals surface area contributed by atoms with Gasteiger partial charge >= 0.3 is 0 Å². The lowest BCUT2D eigenvalue weighted by atomic mass is 9.52. The lowest BCUT2D eigenvalue weighted by Crippen LogP contribution is -2.46. The quantitative estimate of drug-likeness (QED) is 0.126.